The Hall–Kier alpha value is -0.730. The first-order valence-corrected chi connectivity index (χ1v) is 8.49. The molecule has 0 atom stereocenters. The van der Waals surface area contributed by atoms with Crippen LogP contribution in [0.3, 0.4) is 0 Å². The second-order valence-corrected chi connectivity index (χ2v) is 7.55. The molecular formula is C18H28ClNO. The zero-order valence-corrected chi connectivity index (χ0v) is 14.3. The number of ether oxygens (including phenoxy) is 1. The van der Waals surface area contributed by atoms with Gasteiger partial charge in [0.1, 0.15) is 5.75 Å². The van der Waals surface area contributed by atoms with Crippen LogP contribution in [0.5, 0.6) is 5.75 Å². The Kier molecular flexibility index (Phi) is 5.95. The van der Waals surface area contributed by atoms with Crippen molar-refractivity contribution in [1.29, 1.82) is 0 Å². The lowest BCUT2D eigenvalue weighted by Gasteiger charge is -2.24. The van der Waals surface area contributed by atoms with E-state index in [0.29, 0.717) is 5.92 Å². The highest BCUT2D eigenvalue weighted by Crippen LogP contribution is 2.31. The van der Waals surface area contributed by atoms with Crippen molar-refractivity contribution in [3.8, 4) is 5.75 Å². The second-order valence-electron chi connectivity index (χ2n) is 7.15. The van der Waals surface area contributed by atoms with E-state index in [1.807, 2.05) is 12.1 Å². The van der Waals surface area contributed by atoms with Gasteiger partial charge in [-0.2, -0.15) is 0 Å². The highest BCUT2D eigenvalue weighted by molar-refractivity contribution is 6.32. The van der Waals surface area contributed by atoms with Gasteiger partial charge in [-0.25, -0.2) is 0 Å². The number of benzene rings is 1. The largest absolute Gasteiger partial charge is 0.491 e. The summed E-state index contributed by atoms with van der Waals surface area (Å²) in [4.78, 5) is 0. The van der Waals surface area contributed by atoms with Crippen LogP contribution in [-0.2, 0) is 6.54 Å². The Labute approximate surface area is 134 Å². The fraction of sp³-hybridized carbons (Fsp3) is 0.667. The topological polar surface area (TPSA) is 21.3 Å². The van der Waals surface area contributed by atoms with E-state index < -0.39 is 0 Å². The minimum atomic E-state index is 0.0863. The molecule has 2 rings (SSSR count). The van der Waals surface area contributed by atoms with Gasteiger partial charge in [0.2, 0.25) is 0 Å². The van der Waals surface area contributed by atoms with Crippen molar-refractivity contribution in [3.63, 3.8) is 0 Å². The monoisotopic (exact) mass is 309 g/mol. The van der Waals surface area contributed by atoms with Crippen molar-refractivity contribution in [1.82, 2.24) is 5.32 Å². The van der Waals surface area contributed by atoms with Crippen molar-refractivity contribution in [2.75, 3.05) is 6.61 Å². The molecule has 1 fully saturated rings. The van der Waals surface area contributed by atoms with Crippen LogP contribution >= 0.6 is 11.6 Å². The third-order valence-corrected chi connectivity index (χ3v) is 4.34. The molecule has 118 valence electrons. The number of rotatable bonds is 5. The van der Waals surface area contributed by atoms with Crippen molar-refractivity contribution < 1.29 is 4.74 Å². The first-order valence-electron chi connectivity index (χ1n) is 8.11. The summed E-state index contributed by atoms with van der Waals surface area (Å²) >= 11 is 6.34. The van der Waals surface area contributed by atoms with E-state index in [-0.39, 0.29) is 5.54 Å². The second kappa shape index (κ2) is 7.51. The Morgan fingerprint density at radius 1 is 1.19 bits per heavy atom. The van der Waals surface area contributed by atoms with Crippen LogP contribution in [0.4, 0.5) is 0 Å². The molecule has 21 heavy (non-hydrogen) atoms. The fourth-order valence-electron chi connectivity index (χ4n) is 2.77. The Morgan fingerprint density at radius 3 is 2.57 bits per heavy atom. The molecule has 0 spiro atoms. The molecule has 0 unspecified atom stereocenters. The van der Waals surface area contributed by atoms with E-state index >= 15 is 0 Å². The van der Waals surface area contributed by atoms with E-state index in [9.17, 15) is 0 Å². The number of halogens is 1. The molecule has 1 aromatic rings. The molecule has 0 bridgehead atoms. The Morgan fingerprint density at radius 2 is 1.90 bits per heavy atom. The van der Waals surface area contributed by atoms with Crippen molar-refractivity contribution in [2.24, 2.45) is 5.92 Å². The van der Waals surface area contributed by atoms with E-state index in [4.69, 9.17) is 16.3 Å². The Bertz CT molecular complexity index is 447. The lowest BCUT2D eigenvalue weighted by atomic mass is 9.90. The third-order valence-electron chi connectivity index (χ3n) is 4.05. The average Bonchev–Trinajstić information content (AvgIpc) is 2.44. The molecule has 3 heteroatoms. The smallest absolute Gasteiger partial charge is 0.142 e. The van der Waals surface area contributed by atoms with Gasteiger partial charge in [-0.3, -0.25) is 0 Å². The molecule has 0 saturated heterocycles. The molecule has 1 saturated carbocycles. The molecule has 2 nitrogen and oxygen atoms in total. The normalized spacial score (nSPS) is 17.0. The maximum Gasteiger partial charge on any atom is 0.142 e. The van der Waals surface area contributed by atoms with Crippen LogP contribution in [0.25, 0.3) is 0 Å². The van der Waals surface area contributed by atoms with Crippen molar-refractivity contribution >= 4 is 11.6 Å². The van der Waals surface area contributed by atoms with Crippen LogP contribution in [0.1, 0.15) is 58.4 Å². The van der Waals surface area contributed by atoms with Gasteiger partial charge in [0.05, 0.1) is 11.6 Å². The minimum Gasteiger partial charge on any atom is -0.491 e. The van der Waals surface area contributed by atoms with Crippen molar-refractivity contribution in [2.45, 2.75) is 65.0 Å². The molecular weight excluding hydrogens is 282 g/mol. The predicted molar refractivity (Wildman–Crippen MR) is 90.1 cm³/mol. The van der Waals surface area contributed by atoms with E-state index in [1.165, 1.54) is 32.1 Å². The quantitative estimate of drug-likeness (QED) is 0.808. The maximum atomic E-state index is 6.34. The highest BCUT2D eigenvalue weighted by Gasteiger charge is 2.17. The summed E-state index contributed by atoms with van der Waals surface area (Å²) in [5.41, 5.74) is 1.23. The van der Waals surface area contributed by atoms with Crippen LogP contribution in [-0.4, -0.2) is 12.1 Å². The average molecular weight is 310 g/mol. The van der Waals surface area contributed by atoms with Gasteiger partial charge in [0.25, 0.3) is 0 Å². The first-order chi connectivity index (χ1) is 9.96. The molecule has 0 aromatic heterocycles. The third kappa shape index (κ3) is 5.52. The first kappa shape index (κ1) is 16.6. The number of hydrogen-bond acceptors (Lipinski definition) is 2. The molecule has 0 heterocycles. The zero-order valence-electron chi connectivity index (χ0n) is 13.5. The fourth-order valence-corrected chi connectivity index (χ4v) is 3.02. The maximum absolute atomic E-state index is 6.34. The Balaban J connectivity index is 1.99. The molecule has 1 aromatic carbocycles. The lowest BCUT2D eigenvalue weighted by Crippen LogP contribution is -2.35. The summed E-state index contributed by atoms with van der Waals surface area (Å²) in [6.45, 7) is 8.08. The summed E-state index contributed by atoms with van der Waals surface area (Å²) in [6.07, 6.45) is 6.65. The van der Waals surface area contributed by atoms with Gasteiger partial charge in [0.15, 0.2) is 0 Å². The zero-order chi connectivity index (χ0) is 15.3. The summed E-state index contributed by atoms with van der Waals surface area (Å²) < 4.78 is 6.10. The summed E-state index contributed by atoms with van der Waals surface area (Å²) in [7, 11) is 0. The molecule has 1 N–H and O–H groups in total. The van der Waals surface area contributed by atoms with Crippen LogP contribution < -0.4 is 10.1 Å². The number of hydrogen-bond donors (Lipinski definition) is 1. The van der Waals surface area contributed by atoms with Crippen LogP contribution in [0.15, 0.2) is 18.2 Å². The standard InChI is InChI=1S/C18H28ClNO/c1-18(2,3)20-12-15-10-7-11-16(19)17(15)21-13-14-8-5-4-6-9-14/h7,10-11,14,20H,4-6,8-9,12-13H2,1-3H3. The predicted octanol–water partition coefficient (Wildman–Crippen LogP) is 5.19. The van der Waals surface area contributed by atoms with E-state index in [2.05, 4.69) is 32.2 Å². The number of para-hydroxylation sites is 1. The van der Waals surface area contributed by atoms with Gasteiger partial charge < -0.3 is 10.1 Å². The van der Waals surface area contributed by atoms with Crippen LogP contribution in [0.2, 0.25) is 5.02 Å². The van der Waals surface area contributed by atoms with Gasteiger partial charge in [-0.05, 0) is 45.6 Å². The van der Waals surface area contributed by atoms with Gasteiger partial charge in [-0.1, -0.05) is 43.0 Å². The number of nitrogens with one attached hydrogen (secondary N) is 1. The van der Waals surface area contributed by atoms with Gasteiger partial charge in [0, 0.05) is 17.6 Å². The molecule has 1 aliphatic carbocycles. The summed E-state index contributed by atoms with van der Waals surface area (Å²) in [6, 6.07) is 6.01. The van der Waals surface area contributed by atoms with E-state index in [1.54, 1.807) is 0 Å². The molecule has 1 aliphatic rings. The molecule has 0 amide bonds. The highest BCUT2D eigenvalue weighted by atomic mass is 35.5. The van der Waals surface area contributed by atoms with Crippen LogP contribution in [0, 0.1) is 5.92 Å². The SMILES string of the molecule is CC(C)(C)NCc1cccc(Cl)c1OCC1CCCCC1. The minimum absolute atomic E-state index is 0.0863. The molecule has 0 radical (unpaired) electrons. The van der Waals surface area contributed by atoms with E-state index in [0.717, 1.165) is 29.5 Å². The molecule has 0 aliphatic heterocycles. The van der Waals surface area contributed by atoms with Gasteiger partial charge >= 0.3 is 0 Å². The van der Waals surface area contributed by atoms with Crippen molar-refractivity contribution in [3.05, 3.63) is 28.8 Å². The summed E-state index contributed by atoms with van der Waals surface area (Å²) in [5.74, 6) is 1.56. The van der Waals surface area contributed by atoms with Gasteiger partial charge in [-0.15, -0.1) is 0 Å². The summed E-state index contributed by atoms with van der Waals surface area (Å²) in [5, 5.41) is 4.23. The lowest BCUT2D eigenvalue weighted by molar-refractivity contribution is 0.207.